The molecule has 3 unspecified atom stereocenters. The van der Waals surface area contributed by atoms with Crippen molar-refractivity contribution in [1.82, 2.24) is 4.90 Å². The molecule has 2 aliphatic heterocycles. The quantitative estimate of drug-likeness (QED) is 0.781. The summed E-state index contributed by atoms with van der Waals surface area (Å²) in [5, 5.41) is 0. The number of hydrogen-bond donors (Lipinski definition) is 1. The lowest BCUT2D eigenvalue weighted by Gasteiger charge is -2.52. The van der Waals surface area contributed by atoms with Crippen LogP contribution in [0.5, 0.6) is 0 Å². The molecule has 2 N–H and O–H groups in total. The molecule has 106 valence electrons. The Labute approximate surface area is 113 Å². The van der Waals surface area contributed by atoms with Crippen molar-refractivity contribution in [1.29, 1.82) is 0 Å². The van der Waals surface area contributed by atoms with Gasteiger partial charge in [0.15, 0.2) is 0 Å². The molecular formula is C16H32N2. The minimum atomic E-state index is 0.477. The van der Waals surface area contributed by atoms with Gasteiger partial charge in [-0.3, -0.25) is 4.90 Å². The fourth-order valence-corrected chi connectivity index (χ4v) is 4.27. The summed E-state index contributed by atoms with van der Waals surface area (Å²) in [6.45, 7) is 4.65. The molecule has 0 aromatic heterocycles. The molecule has 18 heavy (non-hydrogen) atoms. The van der Waals surface area contributed by atoms with Crippen molar-refractivity contribution >= 4 is 0 Å². The van der Waals surface area contributed by atoms with Gasteiger partial charge in [-0.05, 0) is 38.5 Å². The van der Waals surface area contributed by atoms with Gasteiger partial charge < -0.3 is 5.73 Å². The van der Waals surface area contributed by atoms with Crippen LogP contribution in [0.25, 0.3) is 0 Å². The van der Waals surface area contributed by atoms with Gasteiger partial charge in [0.2, 0.25) is 0 Å². The molecule has 0 aliphatic carbocycles. The standard InChI is InChI=1S/C16H32N2/c1-3-5-8-14(7-4-2)18-15-9-6-10-16(18)12-13(17)11-15/h13-16H,3-12,17H2,1-2H3. The second-order valence-electron chi connectivity index (χ2n) is 6.50. The Bertz CT molecular complexity index is 227. The van der Waals surface area contributed by atoms with Crippen LogP contribution in [0.2, 0.25) is 0 Å². The Balaban J connectivity index is 2.02. The molecule has 2 rings (SSSR count). The largest absolute Gasteiger partial charge is 0.328 e. The third-order valence-corrected chi connectivity index (χ3v) is 5.00. The first-order valence-corrected chi connectivity index (χ1v) is 8.29. The molecule has 0 saturated carbocycles. The van der Waals surface area contributed by atoms with E-state index in [1.165, 1.54) is 64.2 Å². The number of unbranched alkanes of at least 4 members (excludes halogenated alkanes) is 1. The van der Waals surface area contributed by atoms with E-state index in [1.54, 1.807) is 0 Å². The molecule has 2 aliphatic rings. The van der Waals surface area contributed by atoms with E-state index in [-0.39, 0.29) is 0 Å². The Morgan fingerprint density at radius 1 is 1.06 bits per heavy atom. The first kappa shape index (κ1) is 14.3. The summed E-state index contributed by atoms with van der Waals surface area (Å²) in [5.74, 6) is 0. The van der Waals surface area contributed by atoms with E-state index in [0.29, 0.717) is 6.04 Å². The molecule has 2 bridgehead atoms. The van der Waals surface area contributed by atoms with Crippen LogP contribution in [0.1, 0.15) is 78.1 Å². The highest BCUT2D eigenvalue weighted by Gasteiger charge is 2.39. The highest BCUT2D eigenvalue weighted by Crippen LogP contribution is 2.37. The van der Waals surface area contributed by atoms with Gasteiger partial charge in [-0.2, -0.15) is 0 Å². The summed E-state index contributed by atoms with van der Waals surface area (Å²) in [6, 6.07) is 2.93. The van der Waals surface area contributed by atoms with E-state index in [0.717, 1.165) is 18.1 Å². The summed E-state index contributed by atoms with van der Waals surface area (Å²) >= 11 is 0. The number of nitrogens with zero attached hydrogens (tertiary/aromatic N) is 1. The normalized spacial score (nSPS) is 34.5. The van der Waals surface area contributed by atoms with E-state index < -0.39 is 0 Å². The summed E-state index contributed by atoms with van der Waals surface area (Å²) in [4.78, 5) is 2.91. The van der Waals surface area contributed by atoms with Gasteiger partial charge in [0.25, 0.3) is 0 Å². The van der Waals surface area contributed by atoms with Gasteiger partial charge in [0.05, 0.1) is 0 Å². The monoisotopic (exact) mass is 252 g/mol. The predicted molar refractivity (Wildman–Crippen MR) is 78.7 cm³/mol. The number of rotatable bonds is 6. The van der Waals surface area contributed by atoms with Crippen LogP contribution in [-0.4, -0.2) is 29.1 Å². The minimum absolute atomic E-state index is 0.477. The van der Waals surface area contributed by atoms with Crippen LogP contribution in [0.4, 0.5) is 0 Å². The highest BCUT2D eigenvalue weighted by atomic mass is 15.2. The van der Waals surface area contributed by atoms with Crippen LogP contribution < -0.4 is 5.73 Å². The van der Waals surface area contributed by atoms with Crippen LogP contribution in [0, 0.1) is 0 Å². The van der Waals surface area contributed by atoms with E-state index in [4.69, 9.17) is 5.73 Å². The zero-order chi connectivity index (χ0) is 13.0. The van der Waals surface area contributed by atoms with Crippen molar-refractivity contribution in [3.05, 3.63) is 0 Å². The fourth-order valence-electron chi connectivity index (χ4n) is 4.27. The van der Waals surface area contributed by atoms with Crippen LogP contribution >= 0.6 is 0 Å². The molecule has 3 atom stereocenters. The maximum absolute atomic E-state index is 6.23. The summed E-state index contributed by atoms with van der Waals surface area (Å²) in [6.07, 6.45) is 13.6. The fraction of sp³-hybridized carbons (Fsp3) is 1.00. The lowest BCUT2D eigenvalue weighted by Crippen LogP contribution is -2.58. The average Bonchev–Trinajstić information content (AvgIpc) is 2.33. The Kier molecular flexibility index (Phi) is 5.50. The predicted octanol–water partition coefficient (Wildman–Crippen LogP) is 3.69. The van der Waals surface area contributed by atoms with E-state index in [9.17, 15) is 0 Å². The molecule has 0 aromatic carbocycles. The molecule has 0 spiro atoms. The number of hydrogen-bond acceptors (Lipinski definition) is 2. The van der Waals surface area contributed by atoms with Crippen molar-refractivity contribution in [2.75, 3.05) is 0 Å². The molecule has 0 aromatic rings. The van der Waals surface area contributed by atoms with E-state index in [1.807, 2.05) is 0 Å². The summed E-state index contributed by atoms with van der Waals surface area (Å²) < 4.78 is 0. The van der Waals surface area contributed by atoms with E-state index >= 15 is 0 Å². The Hall–Kier alpha value is -0.0800. The van der Waals surface area contributed by atoms with Gasteiger partial charge in [0, 0.05) is 24.2 Å². The van der Waals surface area contributed by atoms with Gasteiger partial charge in [-0.25, -0.2) is 0 Å². The molecule has 2 heterocycles. The first-order valence-electron chi connectivity index (χ1n) is 8.29. The maximum atomic E-state index is 6.23. The molecule has 2 nitrogen and oxygen atoms in total. The molecule has 2 heteroatoms. The number of piperidine rings is 2. The lowest BCUT2D eigenvalue weighted by atomic mass is 9.80. The summed E-state index contributed by atoms with van der Waals surface area (Å²) in [7, 11) is 0. The molecule has 2 saturated heterocycles. The molecule has 0 amide bonds. The van der Waals surface area contributed by atoms with Gasteiger partial charge in [-0.15, -0.1) is 0 Å². The topological polar surface area (TPSA) is 29.3 Å². The van der Waals surface area contributed by atoms with Crippen LogP contribution in [0.15, 0.2) is 0 Å². The van der Waals surface area contributed by atoms with Crippen LogP contribution in [-0.2, 0) is 0 Å². The number of fused-ring (bicyclic) bond motifs is 2. The number of nitrogens with two attached hydrogens (primary N) is 1. The average molecular weight is 252 g/mol. The Morgan fingerprint density at radius 3 is 2.28 bits per heavy atom. The molecule has 0 radical (unpaired) electrons. The van der Waals surface area contributed by atoms with Crippen molar-refractivity contribution in [2.45, 2.75) is 102 Å². The maximum Gasteiger partial charge on any atom is 0.0116 e. The minimum Gasteiger partial charge on any atom is -0.328 e. The molecular weight excluding hydrogens is 220 g/mol. The van der Waals surface area contributed by atoms with Crippen molar-refractivity contribution in [2.24, 2.45) is 5.73 Å². The molecule has 2 fully saturated rings. The summed E-state index contributed by atoms with van der Waals surface area (Å²) in [5.41, 5.74) is 6.23. The third kappa shape index (κ3) is 3.27. The van der Waals surface area contributed by atoms with E-state index in [2.05, 4.69) is 18.7 Å². The zero-order valence-electron chi connectivity index (χ0n) is 12.4. The van der Waals surface area contributed by atoms with Crippen molar-refractivity contribution in [3.63, 3.8) is 0 Å². The van der Waals surface area contributed by atoms with Gasteiger partial charge >= 0.3 is 0 Å². The second-order valence-corrected chi connectivity index (χ2v) is 6.50. The SMILES string of the molecule is CCCCC(CCC)N1C2CCCC1CC(N)C2. The zero-order valence-corrected chi connectivity index (χ0v) is 12.4. The van der Waals surface area contributed by atoms with Crippen molar-refractivity contribution < 1.29 is 0 Å². The van der Waals surface area contributed by atoms with Gasteiger partial charge in [0.1, 0.15) is 0 Å². The second kappa shape index (κ2) is 6.91. The third-order valence-electron chi connectivity index (χ3n) is 5.00. The lowest BCUT2D eigenvalue weighted by molar-refractivity contribution is -0.0118. The smallest absolute Gasteiger partial charge is 0.0116 e. The van der Waals surface area contributed by atoms with Gasteiger partial charge in [-0.1, -0.05) is 39.5 Å². The van der Waals surface area contributed by atoms with Crippen LogP contribution in [0.3, 0.4) is 0 Å². The Morgan fingerprint density at radius 2 is 1.72 bits per heavy atom. The first-order chi connectivity index (χ1) is 8.76. The van der Waals surface area contributed by atoms with Crippen molar-refractivity contribution in [3.8, 4) is 0 Å². The highest BCUT2D eigenvalue weighted by molar-refractivity contribution is 4.96.